The van der Waals surface area contributed by atoms with E-state index in [1.54, 1.807) is 7.11 Å². The average Bonchev–Trinajstić information content (AvgIpc) is 2.91. The number of ether oxygens (including phenoxy) is 1. The fourth-order valence-corrected chi connectivity index (χ4v) is 2.93. The first-order valence-electron chi connectivity index (χ1n) is 7.71. The van der Waals surface area contributed by atoms with Crippen molar-refractivity contribution in [3.05, 3.63) is 29.3 Å². The van der Waals surface area contributed by atoms with Crippen molar-refractivity contribution >= 4 is 0 Å². The molecule has 1 saturated heterocycles. The molecular weight excluding hydrogens is 248 g/mol. The fourth-order valence-electron chi connectivity index (χ4n) is 2.93. The minimum Gasteiger partial charge on any atom is -0.496 e. The van der Waals surface area contributed by atoms with Crippen molar-refractivity contribution in [2.24, 2.45) is 0 Å². The van der Waals surface area contributed by atoms with Crippen LogP contribution in [0.4, 0.5) is 0 Å². The molecule has 1 N–H and O–H groups in total. The van der Waals surface area contributed by atoms with Gasteiger partial charge in [0.15, 0.2) is 0 Å². The predicted molar refractivity (Wildman–Crippen MR) is 84.3 cm³/mol. The van der Waals surface area contributed by atoms with Gasteiger partial charge in [-0.3, -0.25) is 4.90 Å². The summed E-state index contributed by atoms with van der Waals surface area (Å²) in [5.74, 6) is 0.974. The molecule has 0 aliphatic carbocycles. The molecule has 1 heterocycles. The molecule has 1 fully saturated rings. The van der Waals surface area contributed by atoms with E-state index in [4.69, 9.17) is 4.74 Å². The van der Waals surface area contributed by atoms with Gasteiger partial charge in [0.05, 0.1) is 7.11 Å². The first-order chi connectivity index (χ1) is 9.60. The average molecular weight is 276 g/mol. The molecule has 1 aromatic rings. The summed E-state index contributed by atoms with van der Waals surface area (Å²) < 4.78 is 5.34. The van der Waals surface area contributed by atoms with Gasteiger partial charge in [-0.25, -0.2) is 0 Å². The summed E-state index contributed by atoms with van der Waals surface area (Å²) >= 11 is 0. The van der Waals surface area contributed by atoms with Crippen LogP contribution in [0.3, 0.4) is 0 Å². The van der Waals surface area contributed by atoms with Crippen LogP contribution < -0.4 is 10.1 Å². The molecule has 0 saturated carbocycles. The number of methoxy groups -OCH3 is 1. The molecular formula is C17H28N2O. The highest BCUT2D eigenvalue weighted by Gasteiger charge is 2.19. The summed E-state index contributed by atoms with van der Waals surface area (Å²) in [5, 5.41) is 3.60. The van der Waals surface area contributed by atoms with Crippen molar-refractivity contribution in [2.45, 2.75) is 52.2 Å². The second-order valence-corrected chi connectivity index (χ2v) is 6.12. The van der Waals surface area contributed by atoms with Crippen molar-refractivity contribution < 1.29 is 4.74 Å². The molecule has 20 heavy (non-hydrogen) atoms. The molecule has 1 aliphatic rings. The number of aryl methyl sites for hydroxylation is 1. The lowest BCUT2D eigenvalue weighted by Gasteiger charge is -2.29. The molecule has 2 rings (SSSR count). The van der Waals surface area contributed by atoms with E-state index in [2.05, 4.69) is 49.2 Å². The van der Waals surface area contributed by atoms with Crippen LogP contribution >= 0.6 is 0 Å². The summed E-state index contributed by atoms with van der Waals surface area (Å²) in [6, 6.07) is 7.74. The van der Waals surface area contributed by atoms with Gasteiger partial charge in [-0.05, 0) is 57.4 Å². The van der Waals surface area contributed by atoms with E-state index < -0.39 is 0 Å². The summed E-state index contributed by atoms with van der Waals surface area (Å²) in [7, 11) is 1.73. The fraction of sp³-hybridized carbons (Fsp3) is 0.647. The molecule has 3 heteroatoms. The zero-order valence-electron chi connectivity index (χ0n) is 13.3. The van der Waals surface area contributed by atoms with Crippen LogP contribution in [-0.4, -0.2) is 37.2 Å². The Morgan fingerprint density at radius 1 is 1.40 bits per heavy atom. The third-order valence-corrected chi connectivity index (χ3v) is 4.19. The highest BCUT2D eigenvalue weighted by Crippen LogP contribution is 2.20. The lowest BCUT2D eigenvalue weighted by Crippen LogP contribution is -2.40. The molecule has 1 unspecified atom stereocenters. The number of nitrogens with one attached hydrogen (secondary N) is 1. The Labute approximate surface area is 123 Å². The van der Waals surface area contributed by atoms with Gasteiger partial charge in [0.25, 0.3) is 0 Å². The maximum Gasteiger partial charge on any atom is 0.121 e. The standard InChI is InChI=1S/C17H28N2O/c1-13(2)19(12-16-6-5-9-18-16)11-15-7-8-17(20-4)14(3)10-15/h7-8,10,13,16,18H,5-6,9,11-12H2,1-4H3. The van der Waals surface area contributed by atoms with Gasteiger partial charge in [0.1, 0.15) is 5.75 Å². The monoisotopic (exact) mass is 276 g/mol. The van der Waals surface area contributed by atoms with Gasteiger partial charge in [0.2, 0.25) is 0 Å². The van der Waals surface area contributed by atoms with E-state index >= 15 is 0 Å². The minimum absolute atomic E-state index is 0.569. The lowest BCUT2D eigenvalue weighted by molar-refractivity contribution is 0.194. The Morgan fingerprint density at radius 3 is 2.75 bits per heavy atom. The molecule has 0 amide bonds. The zero-order chi connectivity index (χ0) is 14.5. The normalized spacial score (nSPS) is 19.0. The summed E-state index contributed by atoms with van der Waals surface area (Å²) in [5.41, 5.74) is 2.59. The van der Waals surface area contributed by atoms with Crippen LogP contribution in [0.15, 0.2) is 18.2 Å². The zero-order valence-corrected chi connectivity index (χ0v) is 13.3. The number of hydrogen-bond acceptors (Lipinski definition) is 3. The van der Waals surface area contributed by atoms with Crippen LogP contribution in [0, 0.1) is 6.92 Å². The molecule has 3 nitrogen and oxygen atoms in total. The molecule has 1 aromatic carbocycles. The third kappa shape index (κ3) is 3.97. The van der Waals surface area contributed by atoms with Gasteiger partial charge in [-0.15, -0.1) is 0 Å². The maximum absolute atomic E-state index is 5.34. The molecule has 0 spiro atoms. The van der Waals surface area contributed by atoms with E-state index in [9.17, 15) is 0 Å². The van der Waals surface area contributed by atoms with Gasteiger partial charge < -0.3 is 10.1 Å². The van der Waals surface area contributed by atoms with E-state index in [1.165, 1.54) is 30.5 Å². The molecule has 0 aromatic heterocycles. The first-order valence-corrected chi connectivity index (χ1v) is 7.71. The third-order valence-electron chi connectivity index (χ3n) is 4.19. The SMILES string of the molecule is COc1ccc(CN(CC2CCCN2)C(C)C)cc1C. The summed E-state index contributed by atoms with van der Waals surface area (Å²) in [6.45, 7) is 10.0. The molecule has 1 aliphatic heterocycles. The van der Waals surface area contributed by atoms with Crippen molar-refractivity contribution in [2.75, 3.05) is 20.2 Å². The number of hydrogen-bond donors (Lipinski definition) is 1. The number of benzene rings is 1. The maximum atomic E-state index is 5.34. The van der Waals surface area contributed by atoms with Crippen LogP contribution in [0.25, 0.3) is 0 Å². The van der Waals surface area contributed by atoms with Crippen LogP contribution in [-0.2, 0) is 6.54 Å². The van der Waals surface area contributed by atoms with E-state index in [0.717, 1.165) is 18.8 Å². The largest absolute Gasteiger partial charge is 0.496 e. The van der Waals surface area contributed by atoms with Crippen LogP contribution in [0.5, 0.6) is 5.75 Å². The van der Waals surface area contributed by atoms with Crippen molar-refractivity contribution in [3.8, 4) is 5.75 Å². The van der Waals surface area contributed by atoms with Gasteiger partial charge >= 0.3 is 0 Å². The molecule has 0 radical (unpaired) electrons. The minimum atomic E-state index is 0.569. The Kier molecular flexibility index (Phi) is 5.44. The quantitative estimate of drug-likeness (QED) is 0.864. The van der Waals surface area contributed by atoms with E-state index in [1.807, 2.05) is 0 Å². The summed E-state index contributed by atoms with van der Waals surface area (Å²) in [4.78, 5) is 2.56. The topological polar surface area (TPSA) is 24.5 Å². The number of nitrogens with zero attached hydrogens (tertiary/aromatic N) is 1. The van der Waals surface area contributed by atoms with Crippen LogP contribution in [0.1, 0.15) is 37.8 Å². The van der Waals surface area contributed by atoms with Crippen molar-refractivity contribution in [1.29, 1.82) is 0 Å². The highest BCUT2D eigenvalue weighted by atomic mass is 16.5. The Hall–Kier alpha value is -1.06. The van der Waals surface area contributed by atoms with Crippen LogP contribution in [0.2, 0.25) is 0 Å². The Morgan fingerprint density at radius 2 is 2.20 bits per heavy atom. The molecule has 1 atom stereocenters. The predicted octanol–water partition coefficient (Wildman–Crippen LogP) is 2.97. The lowest BCUT2D eigenvalue weighted by atomic mass is 10.1. The molecule has 112 valence electrons. The Bertz CT molecular complexity index is 425. The Balaban J connectivity index is 2.01. The van der Waals surface area contributed by atoms with Crippen molar-refractivity contribution in [1.82, 2.24) is 10.2 Å². The second-order valence-electron chi connectivity index (χ2n) is 6.12. The van der Waals surface area contributed by atoms with E-state index in [-0.39, 0.29) is 0 Å². The summed E-state index contributed by atoms with van der Waals surface area (Å²) in [6.07, 6.45) is 2.63. The van der Waals surface area contributed by atoms with Gasteiger partial charge in [-0.2, -0.15) is 0 Å². The second kappa shape index (κ2) is 7.09. The van der Waals surface area contributed by atoms with Gasteiger partial charge in [-0.1, -0.05) is 12.1 Å². The first kappa shape index (κ1) is 15.3. The number of rotatable bonds is 6. The van der Waals surface area contributed by atoms with E-state index in [0.29, 0.717) is 12.1 Å². The molecule has 0 bridgehead atoms. The van der Waals surface area contributed by atoms with Gasteiger partial charge in [0, 0.05) is 25.2 Å². The highest BCUT2D eigenvalue weighted by molar-refractivity contribution is 5.36. The van der Waals surface area contributed by atoms with Crippen molar-refractivity contribution in [3.63, 3.8) is 0 Å². The smallest absolute Gasteiger partial charge is 0.121 e.